The van der Waals surface area contributed by atoms with Crippen LogP contribution in [0.5, 0.6) is 11.8 Å². The van der Waals surface area contributed by atoms with Crippen LogP contribution in [0.15, 0.2) is 30.6 Å². The van der Waals surface area contributed by atoms with Crippen molar-refractivity contribution in [1.29, 1.82) is 0 Å². The van der Waals surface area contributed by atoms with Crippen LogP contribution in [0.2, 0.25) is 5.02 Å². The highest BCUT2D eigenvalue weighted by Gasteiger charge is 2.13. The average Bonchev–Trinajstić information content (AvgIpc) is 2.32. The Morgan fingerprint density at radius 2 is 2.00 bits per heavy atom. The van der Waals surface area contributed by atoms with Crippen molar-refractivity contribution in [2.45, 2.75) is 0 Å². The SMILES string of the molecule is O=C(O)c1ccc(Cl)cc1Oc1ncc(I)cn1. The van der Waals surface area contributed by atoms with E-state index in [1.54, 1.807) is 12.4 Å². The lowest BCUT2D eigenvalue weighted by atomic mass is 10.2. The van der Waals surface area contributed by atoms with E-state index in [1.807, 2.05) is 0 Å². The minimum absolute atomic E-state index is 0.00144. The van der Waals surface area contributed by atoms with E-state index >= 15 is 0 Å². The molecule has 0 aliphatic carbocycles. The van der Waals surface area contributed by atoms with E-state index in [2.05, 4.69) is 32.6 Å². The average molecular weight is 377 g/mol. The first kappa shape index (κ1) is 13.0. The molecule has 0 aliphatic rings. The van der Waals surface area contributed by atoms with Crippen molar-refractivity contribution in [2.24, 2.45) is 0 Å². The molecule has 0 aliphatic heterocycles. The van der Waals surface area contributed by atoms with E-state index < -0.39 is 5.97 Å². The number of nitrogens with zero attached hydrogens (tertiary/aromatic N) is 2. The van der Waals surface area contributed by atoms with Crippen molar-refractivity contribution in [3.05, 3.63) is 44.7 Å². The Hall–Kier alpha value is -1.41. The van der Waals surface area contributed by atoms with Crippen LogP contribution in [0.25, 0.3) is 0 Å². The standard InChI is InChI=1S/C11H6ClIN2O3/c12-6-1-2-8(10(16)17)9(3-6)18-11-14-4-7(13)5-15-11/h1-5H,(H,16,17). The van der Waals surface area contributed by atoms with Crippen LogP contribution < -0.4 is 4.74 Å². The molecule has 0 saturated carbocycles. The molecular weight excluding hydrogens is 370 g/mol. The largest absolute Gasteiger partial charge is 0.478 e. The highest BCUT2D eigenvalue weighted by atomic mass is 127. The highest BCUT2D eigenvalue weighted by molar-refractivity contribution is 14.1. The molecule has 18 heavy (non-hydrogen) atoms. The van der Waals surface area contributed by atoms with Crippen LogP contribution in [0.3, 0.4) is 0 Å². The quantitative estimate of drug-likeness (QED) is 0.833. The van der Waals surface area contributed by atoms with Crippen molar-refractivity contribution >= 4 is 40.2 Å². The van der Waals surface area contributed by atoms with Gasteiger partial charge in [-0.3, -0.25) is 0 Å². The third-order valence-corrected chi connectivity index (χ3v) is 2.76. The molecule has 0 saturated heterocycles. The zero-order valence-electron chi connectivity index (χ0n) is 8.80. The molecular formula is C11H6ClIN2O3. The zero-order valence-corrected chi connectivity index (χ0v) is 11.7. The molecule has 1 N–H and O–H groups in total. The maximum atomic E-state index is 11.0. The number of aromatic nitrogens is 2. The number of hydrogen-bond acceptors (Lipinski definition) is 4. The minimum atomic E-state index is -1.10. The number of rotatable bonds is 3. The molecule has 0 amide bonds. The summed E-state index contributed by atoms with van der Waals surface area (Å²) < 4.78 is 6.17. The molecule has 1 aromatic carbocycles. The second-order valence-corrected chi connectivity index (χ2v) is 4.91. The minimum Gasteiger partial charge on any atom is -0.478 e. The first-order valence-corrected chi connectivity index (χ1v) is 6.20. The summed E-state index contributed by atoms with van der Waals surface area (Å²) in [7, 11) is 0. The van der Waals surface area contributed by atoms with Gasteiger partial charge in [0.05, 0.1) is 0 Å². The van der Waals surface area contributed by atoms with Gasteiger partial charge in [0, 0.05) is 27.1 Å². The van der Waals surface area contributed by atoms with Gasteiger partial charge in [-0.2, -0.15) is 0 Å². The molecule has 5 nitrogen and oxygen atoms in total. The molecule has 0 radical (unpaired) electrons. The number of aromatic carboxylic acids is 1. The first-order valence-electron chi connectivity index (χ1n) is 4.74. The van der Waals surface area contributed by atoms with Gasteiger partial charge < -0.3 is 9.84 Å². The maximum Gasteiger partial charge on any atom is 0.339 e. The third-order valence-electron chi connectivity index (χ3n) is 1.97. The van der Waals surface area contributed by atoms with Gasteiger partial charge in [-0.05, 0) is 34.7 Å². The Kier molecular flexibility index (Phi) is 3.97. The summed E-state index contributed by atoms with van der Waals surface area (Å²) in [5.74, 6) is -0.997. The van der Waals surface area contributed by atoms with E-state index in [0.717, 1.165) is 3.57 Å². The smallest absolute Gasteiger partial charge is 0.339 e. The van der Waals surface area contributed by atoms with Crippen molar-refractivity contribution in [3.8, 4) is 11.8 Å². The number of carboxylic acids is 1. The van der Waals surface area contributed by atoms with Gasteiger partial charge in [-0.1, -0.05) is 11.6 Å². The number of carboxylic acid groups (broad SMARTS) is 1. The summed E-state index contributed by atoms with van der Waals surface area (Å²) in [6.45, 7) is 0. The van der Waals surface area contributed by atoms with E-state index in [4.69, 9.17) is 21.4 Å². The Bertz CT molecular complexity index is 589. The number of carbonyl (C=O) groups is 1. The molecule has 2 rings (SSSR count). The Labute approximate surface area is 121 Å². The van der Waals surface area contributed by atoms with E-state index in [9.17, 15) is 4.79 Å². The zero-order chi connectivity index (χ0) is 13.1. The molecule has 0 atom stereocenters. The Morgan fingerprint density at radius 1 is 1.33 bits per heavy atom. The molecule has 2 aromatic rings. The van der Waals surface area contributed by atoms with Gasteiger partial charge in [0.25, 0.3) is 0 Å². The normalized spacial score (nSPS) is 10.1. The maximum absolute atomic E-state index is 11.0. The van der Waals surface area contributed by atoms with Gasteiger partial charge >= 0.3 is 12.0 Å². The van der Waals surface area contributed by atoms with Crippen molar-refractivity contribution in [3.63, 3.8) is 0 Å². The molecule has 0 spiro atoms. The molecule has 0 unspecified atom stereocenters. The van der Waals surface area contributed by atoms with E-state index in [-0.39, 0.29) is 17.3 Å². The van der Waals surface area contributed by atoms with Crippen molar-refractivity contribution in [1.82, 2.24) is 9.97 Å². The molecule has 1 heterocycles. The summed E-state index contributed by atoms with van der Waals surface area (Å²) in [5, 5.41) is 9.39. The van der Waals surface area contributed by atoms with Crippen LogP contribution in [-0.4, -0.2) is 21.0 Å². The topological polar surface area (TPSA) is 72.3 Å². The van der Waals surface area contributed by atoms with Crippen LogP contribution in [0.1, 0.15) is 10.4 Å². The Morgan fingerprint density at radius 3 is 2.61 bits per heavy atom. The third kappa shape index (κ3) is 3.08. The molecule has 92 valence electrons. The van der Waals surface area contributed by atoms with Crippen LogP contribution in [0, 0.1) is 3.57 Å². The van der Waals surface area contributed by atoms with Gasteiger partial charge in [0.15, 0.2) is 0 Å². The fraction of sp³-hybridized carbons (Fsp3) is 0. The fourth-order valence-corrected chi connectivity index (χ4v) is 1.65. The lowest BCUT2D eigenvalue weighted by Crippen LogP contribution is -2.01. The summed E-state index contributed by atoms with van der Waals surface area (Å²) >= 11 is 7.85. The molecule has 0 fully saturated rings. The van der Waals surface area contributed by atoms with Gasteiger partial charge in [-0.15, -0.1) is 0 Å². The summed E-state index contributed by atoms with van der Waals surface area (Å²) in [5.41, 5.74) is 0.00144. The number of halogens is 2. The number of hydrogen-bond donors (Lipinski definition) is 1. The monoisotopic (exact) mass is 376 g/mol. The molecule has 0 bridgehead atoms. The second kappa shape index (κ2) is 5.49. The number of ether oxygens (including phenoxy) is 1. The van der Waals surface area contributed by atoms with Crippen LogP contribution in [0.4, 0.5) is 0 Å². The highest BCUT2D eigenvalue weighted by Crippen LogP contribution is 2.26. The Balaban J connectivity index is 2.35. The fourth-order valence-electron chi connectivity index (χ4n) is 1.21. The lowest BCUT2D eigenvalue weighted by Gasteiger charge is -2.07. The van der Waals surface area contributed by atoms with E-state index in [0.29, 0.717) is 5.02 Å². The predicted octanol–water partition coefficient (Wildman–Crippen LogP) is 3.23. The molecule has 7 heteroatoms. The summed E-state index contributed by atoms with van der Waals surface area (Å²) in [4.78, 5) is 18.9. The lowest BCUT2D eigenvalue weighted by molar-refractivity contribution is 0.0694. The van der Waals surface area contributed by atoms with Gasteiger partial charge in [0.1, 0.15) is 11.3 Å². The van der Waals surface area contributed by atoms with E-state index in [1.165, 1.54) is 18.2 Å². The van der Waals surface area contributed by atoms with Crippen LogP contribution >= 0.6 is 34.2 Å². The van der Waals surface area contributed by atoms with Gasteiger partial charge in [0.2, 0.25) is 0 Å². The second-order valence-electron chi connectivity index (χ2n) is 3.23. The van der Waals surface area contributed by atoms with Crippen molar-refractivity contribution < 1.29 is 14.6 Å². The summed E-state index contributed by atoms with van der Waals surface area (Å²) in [6, 6.07) is 4.33. The van der Waals surface area contributed by atoms with Crippen LogP contribution in [-0.2, 0) is 0 Å². The summed E-state index contributed by atoms with van der Waals surface area (Å²) in [6.07, 6.45) is 3.13. The van der Waals surface area contributed by atoms with Gasteiger partial charge in [-0.25, -0.2) is 14.8 Å². The first-order chi connectivity index (χ1) is 8.56. The predicted molar refractivity (Wildman–Crippen MR) is 73.2 cm³/mol. The molecule has 1 aromatic heterocycles. The number of benzene rings is 1. The van der Waals surface area contributed by atoms with Crippen molar-refractivity contribution in [2.75, 3.05) is 0 Å².